The van der Waals surface area contributed by atoms with Gasteiger partial charge in [-0.05, 0) is 17.7 Å². The minimum Gasteiger partial charge on any atom is -0.506 e. The third kappa shape index (κ3) is 1.86. The van der Waals surface area contributed by atoms with Crippen molar-refractivity contribution in [3.63, 3.8) is 0 Å². The fraction of sp³-hybridized carbons (Fsp3) is 0.273. The number of phenolic OH excluding ortho intramolecular Hbond substituents is 1. The number of nitrogens with two attached hydrogens (primary N) is 1. The second-order valence-electron chi connectivity index (χ2n) is 3.87. The molecule has 0 spiro atoms. The number of hydrogen-bond donors (Lipinski definition) is 2. The van der Waals surface area contributed by atoms with Crippen LogP contribution < -0.4 is 5.84 Å². The van der Waals surface area contributed by atoms with Crippen LogP contribution in [0.2, 0.25) is 0 Å². The average molecular weight is 235 g/mol. The van der Waals surface area contributed by atoms with Crippen molar-refractivity contribution in [2.75, 3.05) is 0 Å². The summed E-state index contributed by atoms with van der Waals surface area (Å²) in [4.78, 5) is 4.41. The second kappa shape index (κ2) is 4.09. The summed E-state index contributed by atoms with van der Waals surface area (Å²) in [6.07, 6.45) is 1.51. The first-order valence-corrected chi connectivity index (χ1v) is 5.80. The van der Waals surface area contributed by atoms with Gasteiger partial charge in [0.15, 0.2) is 0 Å². The SMILES string of the molecule is CC(C)c1nc2c(O)cc(C=NN)cc2s1. The van der Waals surface area contributed by atoms with Gasteiger partial charge >= 0.3 is 0 Å². The second-order valence-corrected chi connectivity index (χ2v) is 4.93. The van der Waals surface area contributed by atoms with Crippen molar-refractivity contribution < 1.29 is 5.11 Å². The van der Waals surface area contributed by atoms with Crippen LogP contribution in [0.1, 0.15) is 30.3 Å². The van der Waals surface area contributed by atoms with Crippen LogP contribution in [0.25, 0.3) is 10.2 Å². The zero-order valence-electron chi connectivity index (χ0n) is 9.14. The molecule has 0 fully saturated rings. The molecule has 0 amide bonds. The molecule has 0 unspecified atom stereocenters. The summed E-state index contributed by atoms with van der Waals surface area (Å²) in [5, 5.41) is 14.3. The highest BCUT2D eigenvalue weighted by Gasteiger charge is 2.11. The smallest absolute Gasteiger partial charge is 0.143 e. The van der Waals surface area contributed by atoms with E-state index in [4.69, 9.17) is 5.84 Å². The average Bonchev–Trinajstić information content (AvgIpc) is 2.62. The molecular weight excluding hydrogens is 222 g/mol. The molecule has 0 radical (unpaired) electrons. The van der Waals surface area contributed by atoms with Gasteiger partial charge in [0.2, 0.25) is 0 Å². The maximum absolute atomic E-state index is 9.82. The Bertz CT molecular complexity index is 545. The van der Waals surface area contributed by atoms with E-state index in [2.05, 4.69) is 23.9 Å². The van der Waals surface area contributed by atoms with E-state index in [1.54, 1.807) is 17.4 Å². The molecule has 2 rings (SSSR count). The molecular formula is C11H13N3OS. The van der Waals surface area contributed by atoms with Gasteiger partial charge in [0.1, 0.15) is 11.3 Å². The van der Waals surface area contributed by atoms with E-state index in [-0.39, 0.29) is 5.75 Å². The highest BCUT2D eigenvalue weighted by atomic mass is 32.1. The fourth-order valence-electron chi connectivity index (χ4n) is 1.46. The largest absolute Gasteiger partial charge is 0.506 e. The predicted octanol–water partition coefficient (Wildman–Crippen LogP) is 2.42. The number of aromatic nitrogens is 1. The maximum Gasteiger partial charge on any atom is 0.143 e. The lowest BCUT2D eigenvalue weighted by atomic mass is 10.2. The Balaban J connectivity index is 2.63. The van der Waals surface area contributed by atoms with Crippen LogP contribution >= 0.6 is 11.3 Å². The molecule has 1 heterocycles. The molecule has 0 aliphatic rings. The lowest BCUT2D eigenvalue weighted by molar-refractivity contribution is 0.480. The molecule has 0 aliphatic carbocycles. The number of hydrogen-bond acceptors (Lipinski definition) is 5. The first-order chi connectivity index (χ1) is 7.61. The van der Waals surface area contributed by atoms with Crippen molar-refractivity contribution in [2.24, 2.45) is 10.9 Å². The van der Waals surface area contributed by atoms with Crippen LogP contribution in [0.5, 0.6) is 5.75 Å². The third-order valence-electron chi connectivity index (χ3n) is 2.23. The van der Waals surface area contributed by atoms with Crippen molar-refractivity contribution in [3.05, 3.63) is 22.7 Å². The predicted molar refractivity (Wildman–Crippen MR) is 67.2 cm³/mol. The van der Waals surface area contributed by atoms with Crippen molar-refractivity contribution in [1.29, 1.82) is 0 Å². The quantitative estimate of drug-likeness (QED) is 0.477. The molecule has 3 N–H and O–H groups in total. The van der Waals surface area contributed by atoms with Gasteiger partial charge in [0.25, 0.3) is 0 Å². The van der Waals surface area contributed by atoms with Crippen LogP contribution in [0, 0.1) is 0 Å². The summed E-state index contributed by atoms with van der Waals surface area (Å²) < 4.78 is 0.957. The van der Waals surface area contributed by atoms with E-state index in [9.17, 15) is 5.11 Å². The highest BCUT2D eigenvalue weighted by Crippen LogP contribution is 2.33. The van der Waals surface area contributed by atoms with Crippen LogP contribution in [-0.2, 0) is 0 Å². The van der Waals surface area contributed by atoms with Crippen molar-refractivity contribution in [2.45, 2.75) is 19.8 Å². The third-order valence-corrected chi connectivity index (χ3v) is 3.53. The molecule has 2 aromatic rings. The van der Waals surface area contributed by atoms with Crippen LogP contribution in [0.4, 0.5) is 0 Å². The Morgan fingerprint density at radius 1 is 1.50 bits per heavy atom. The van der Waals surface area contributed by atoms with Crippen molar-refractivity contribution in [1.82, 2.24) is 4.98 Å². The molecule has 1 aromatic heterocycles. The van der Waals surface area contributed by atoms with Gasteiger partial charge in [-0.15, -0.1) is 11.3 Å². The summed E-state index contributed by atoms with van der Waals surface area (Å²) in [5.41, 5.74) is 1.44. The van der Waals surface area contributed by atoms with E-state index in [0.29, 0.717) is 11.4 Å². The van der Waals surface area contributed by atoms with E-state index >= 15 is 0 Å². The monoisotopic (exact) mass is 235 g/mol. The van der Waals surface area contributed by atoms with E-state index in [1.165, 1.54) is 6.21 Å². The van der Waals surface area contributed by atoms with Crippen LogP contribution in [0.15, 0.2) is 17.2 Å². The topological polar surface area (TPSA) is 71.5 Å². The molecule has 0 bridgehead atoms. The van der Waals surface area contributed by atoms with Crippen LogP contribution in [0.3, 0.4) is 0 Å². The molecule has 0 saturated heterocycles. The van der Waals surface area contributed by atoms with Gasteiger partial charge in [0, 0.05) is 5.92 Å². The number of rotatable bonds is 2. The highest BCUT2D eigenvalue weighted by molar-refractivity contribution is 7.18. The van der Waals surface area contributed by atoms with Gasteiger partial charge in [-0.1, -0.05) is 13.8 Å². The molecule has 1 aromatic carbocycles. The number of thiazole rings is 1. The number of aromatic hydroxyl groups is 1. The van der Waals surface area contributed by atoms with Gasteiger partial charge in [-0.3, -0.25) is 0 Å². The Morgan fingerprint density at radius 3 is 2.88 bits per heavy atom. The lowest BCUT2D eigenvalue weighted by Gasteiger charge is -1.96. The summed E-state index contributed by atoms with van der Waals surface area (Å²) in [6, 6.07) is 3.54. The lowest BCUT2D eigenvalue weighted by Crippen LogP contribution is -1.86. The fourth-order valence-corrected chi connectivity index (χ4v) is 2.50. The number of phenols is 1. The molecule has 84 valence electrons. The van der Waals surface area contributed by atoms with E-state index < -0.39 is 0 Å². The first-order valence-electron chi connectivity index (χ1n) is 4.98. The Labute approximate surface area is 97.4 Å². The normalized spacial score (nSPS) is 11.9. The summed E-state index contributed by atoms with van der Waals surface area (Å²) in [6.45, 7) is 4.16. The summed E-state index contributed by atoms with van der Waals surface area (Å²) in [7, 11) is 0. The Morgan fingerprint density at radius 2 is 2.25 bits per heavy atom. The maximum atomic E-state index is 9.82. The molecule has 0 atom stereocenters. The number of hydrazone groups is 1. The minimum absolute atomic E-state index is 0.176. The number of nitrogens with zero attached hydrogens (tertiary/aromatic N) is 2. The van der Waals surface area contributed by atoms with Gasteiger partial charge < -0.3 is 10.9 Å². The molecule has 16 heavy (non-hydrogen) atoms. The van der Waals surface area contributed by atoms with Crippen LogP contribution in [-0.4, -0.2) is 16.3 Å². The van der Waals surface area contributed by atoms with E-state index in [0.717, 1.165) is 15.3 Å². The first kappa shape index (κ1) is 10.9. The Hall–Kier alpha value is -1.62. The standard InChI is InChI=1S/C11H13N3OS/c1-6(2)11-14-10-8(15)3-7(5-13-12)4-9(10)16-11/h3-6,15H,12H2,1-2H3. The zero-order chi connectivity index (χ0) is 11.7. The van der Waals surface area contributed by atoms with Gasteiger partial charge in [0.05, 0.1) is 15.9 Å². The molecule has 5 heteroatoms. The summed E-state index contributed by atoms with van der Waals surface area (Å²) in [5.74, 6) is 5.62. The number of fused-ring (bicyclic) bond motifs is 1. The van der Waals surface area contributed by atoms with Gasteiger partial charge in [-0.2, -0.15) is 5.10 Å². The summed E-state index contributed by atoms with van der Waals surface area (Å²) >= 11 is 1.59. The Kier molecular flexibility index (Phi) is 2.78. The van der Waals surface area contributed by atoms with Gasteiger partial charge in [-0.25, -0.2) is 4.98 Å². The van der Waals surface area contributed by atoms with Crippen molar-refractivity contribution >= 4 is 27.8 Å². The minimum atomic E-state index is 0.176. The molecule has 4 nitrogen and oxygen atoms in total. The molecule has 0 aliphatic heterocycles. The molecule has 0 saturated carbocycles. The zero-order valence-corrected chi connectivity index (χ0v) is 9.95. The number of benzene rings is 1. The van der Waals surface area contributed by atoms with E-state index in [1.807, 2.05) is 6.07 Å². The van der Waals surface area contributed by atoms with Crippen molar-refractivity contribution in [3.8, 4) is 5.75 Å².